The number of hydrogen-bond donors (Lipinski definition) is 1. The van der Waals surface area contributed by atoms with E-state index in [-0.39, 0.29) is 33.8 Å². The first kappa shape index (κ1) is 8.26. The van der Waals surface area contributed by atoms with Crippen molar-refractivity contribution in [3.63, 3.8) is 0 Å². The van der Waals surface area contributed by atoms with Gasteiger partial charge in [-0.3, -0.25) is 0 Å². The summed E-state index contributed by atoms with van der Waals surface area (Å²) in [6.45, 7) is 2.01. The molecule has 0 bridgehead atoms. The van der Waals surface area contributed by atoms with E-state index in [1.807, 2.05) is 6.92 Å². The van der Waals surface area contributed by atoms with Crippen LogP contribution in [0.5, 0.6) is 0 Å². The van der Waals surface area contributed by atoms with Crippen molar-refractivity contribution in [2.24, 2.45) is 0 Å². The van der Waals surface area contributed by atoms with E-state index >= 15 is 0 Å². The van der Waals surface area contributed by atoms with Gasteiger partial charge >= 0.3 is 71.1 Å². The first-order chi connectivity index (χ1) is 4.84. The van der Waals surface area contributed by atoms with E-state index in [1.54, 1.807) is 0 Å². The van der Waals surface area contributed by atoms with Crippen molar-refractivity contribution in [2.75, 3.05) is 4.43 Å². The average Bonchev–Trinajstić information content (AvgIpc) is 1.94. The Hall–Kier alpha value is 0.160. The van der Waals surface area contributed by atoms with Gasteiger partial charge in [-0.1, -0.05) is 0 Å². The number of carbonyl (C=O) groups is 1. The fourth-order valence-electron chi connectivity index (χ4n) is 0.909. The Kier molecular flexibility index (Phi) is 3.41. The maximum absolute atomic E-state index is 10.1. The Morgan fingerprint density at radius 3 is 3.20 bits per heavy atom. The van der Waals surface area contributed by atoms with Crippen LogP contribution in [0.3, 0.4) is 0 Å². The molecule has 0 aromatic rings. The van der Waals surface area contributed by atoms with Crippen molar-refractivity contribution in [3.8, 4) is 0 Å². The third-order valence-corrected chi connectivity index (χ3v) is 3.77. The molecule has 0 spiro atoms. The zero-order valence-corrected chi connectivity index (χ0v) is 8.00. The maximum atomic E-state index is 10.1. The summed E-state index contributed by atoms with van der Waals surface area (Å²) in [5.41, 5.74) is 0. The number of carbonyl (C=O) groups excluding carboxylic acids is 1. The van der Waals surface area contributed by atoms with E-state index in [1.165, 1.54) is 0 Å². The molecule has 1 unspecified atom stereocenters. The second-order valence-corrected chi connectivity index (χ2v) is 4.48. The summed E-state index contributed by atoms with van der Waals surface area (Å²) in [6.07, 6.45) is 2.08. The van der Waals surface area contributed by atoms with Gasteiger partial charge in [0.1, 0.15) is 0 Å². The van der Waals surface area contributed by atoms with E-state index in [0.29, 0.717) is 0 Å². The van der Waals surface area contributed by atoms with Crippen molar-refractivity contribution < 1.29 is 29.5 Å². The van der Waals surface area contributed by atoms with Gasteiger partial charge in [-0.25, -0.2) is 0 Å². The molecule has 1 aliphatic heterocycles. The molecular weight excluding hydrogens is 245 g/mol. The molecule has 1 rings (SSSR count). The molecule has 0 aromatic carbocycles. The van der Waals surface area contributed by atoms with Gasteiger partial charge in [0.25, 0.3) is 0 Å². The molecule has 3 nitrogen and oxygen atoms in total. The predicted octanol–water partition coefficient (Wildman–Crippen LogP) is -3.09. The van der Waals surface area contributed by atoms with Crippen LogP contribution in [0.4, 0.5) is 0 Å². The van der Waals surface area contributed by atoms with Crippen molar-refractivity contribution >= 4 is 6.41 Å². The topological polar surface area (TPSA) is 38.3 Å². The number of hydrogen-bond acceptors (Lipinski definition) is 2. The summed E-state index contributed by atoms with van der Waals surface area (Å²) in [7, 11) is 0. The van der Waals surface area contributed by atoms with Crippen molar-refractivity contribution in [3.05, 3.63) is 0 Å². The third kappa shape index (κ3) is 2.09. The predicted molar refractivity (Wildman–Crippen MR) is 33.0 cm³/mol. The Balaban J connectivity index is 2.32. The van der Waals surface area contributed by atoms with Crippen LogP contribution in [0.25, 0.3) is 0 Å². The van der Waals surface area contributed by atoms with Gasteiger partial charge in [0.15, 0.2) is 0 Å². The molecule has 0 aromatic heterocycles. The summed E-state index contributed by atoms with van der Waals surface area (Å²) >= 11 is -0.0200. The molecule has 1 aliphatic rings. The minimum atomic E-state index is -0.0200. The molecule has 1 N–H and O–H groups in total. The molecule has 2 atom stereocenters. The SMILES string of the molecule is C[C@H]1O[I-]CCC1NC=O. The van der Waals surface area contributed by atoms with Crippen LogP contribution in [-0.2, 0) is 7.86 Å². The summed E-state index contributed by atoms with van der Waals surface area (Å²) in [5, 5.41) is 2.75. The van der Waals surface area contributed by atoms with Gasteiger partial charge in [0.2, 0.25) is 0 Å². The van der Waals surface area contributed by atoms with Crippen LogP contribution in [0.15, 0.2) is 0 Å². The molecule has 0 radical (unpaired) electrons. The van der Waals surface area contributed by atoms with Gasteiger partial charge in [0.05, 0.1) is 0 Å². The van der Waals surface area contributed by atoms with Crippen molar-refractivity contribution in [1.29, 1.82) is 0 Å². The summed E-state index contributed by atoms with van der Waals surface area (Å²) in [6, 6.07) is 0.256. The van der Waals surface area contributed by atoms with Crippen molar-refractivity contribution in [2.45, 2.75) is 25.5 Å². The summed E-state index contributed by atoms with van der Waals surface area (Å²) < 4.78 is 6.59. The van der Waals surface area contributed by atoms with Gasteiger partial charge in [-0.05, 0) is 0 Å². The van der Waals surface area contributed by atoms with E-state index < -0.39 is 0 Å². The Morgan fingerprint density at radius 1 is 1.80 bits per heavy atom. The molecule has 10 heavy (non-hydrogen) atoms. The fraction of sp³-hybridized carbons (Fsp3) is 0.833. The van der Waals surface area contributed by atoms with Crippen LogP contribution in [0.2, 0.25) is 0 Å². The van der Waals surface area contributed by atoms with E-state index in [4.69, 9.17) is 3.07 Å². The zero-order chi connectivity index (χ0) is 7.40. The Morgan fingerprint density at radius 2 is 2.60 bits per heavy atom. The molecule has 0 saturated carbocycles. The van der Waals surface area contributed by atoms with E-state index in [2.05, 4.69) is 5.32 Å². The van der Waals surface area contributed by atoms with Crippen LogP contribution in [0, 0.1) is 0 Å². The van der Waals surface area contributed by atoms with Crippen molar-refractivity contribution in [1.82, 2.24) is 5.32 Å². The van der Waals surface area contributed by atoms with Gasteiger partial charge in [0, 0.05) is 0 Å². The number of amides is 1. The standard InChI is InChI=1S/C6H11INO2/c1-5-6(8-4-9)2-3-7-10-5/h4-6H,2-3H2,1H3,(H,8,9)/q-1/t5-,6?/m1/s1. The second-order valence-electron chi connectivity index (χ2n) is 2.27. The minimum absolute atomic E-state index is 0.0200. The molecule has 4 heteroatoms. The first-order valence-electron chi connectivity index (χ1n) is 3.29. The van der Waals surface area contributed by atoms with Crippen LogP contribution in [-0.4, -0.2) is 23.0 Å². The number of rotatable bonds is 2. The number of halogens is 1. The molecule has 1 heterocycles. The Labute approximate surface area is 71.3 Å². The van der Waals surface area contributed by atoms with Gasteiger partial charge in [-0.2, -0.15) is 0 Å². The zero-order valence-electron chi connectivity index (χ0n) is 5.84. The quantitative estimate of drug-likeness (QED) is 0.323. The third-order valence-electron chi connectivity index (χ3n) is 1.55. The molecule has 60 valence electrons. The average molecular weight is 256 g/mol. The summed E-state index contributed by atoms with van der Waals surface area (Å²) in [4.78, 5) is 10.1. The molecule has 1 saturated heterocycles. The molecule has 1 amide bonds. The normalized spacial score (nSPS) is 34.1. The number of nitrogens with one attached hydrogen (secondary N) is 1. The van der Waals surface area contributed by atoms with Crippen LogP contribution >= 0.6 is 0 Å². The molecule has 0 aliphatic carbocycles. The summed E-state index contributed by atoms with van der Waals surface area (Å²) in [5.74, 6) is 0. The van der Waals surface area contributed by atoms with Gasteiger partial charge in [-0.15, -0.1) is 0 Å². The first-order valence-corrected chi connectivity index (χ1v) is 5.70. The molecular formula is C6H11INO2-. The monoisotopic (exact) mass is 256 g/mol. The van der Waals surface area contributed by atoms with E-state index in [0.717, 1.165) is 17.3 Å². The van der Waals surface area contributed by atoms with Crippen LogP contribution in [0.1, 0.15) is 13.3 Å². The molecule has 1 fully saturated rings. The fourth-order valence-corrected chi connectivity index (χ4v) is 3.01. The van der Waals surface area contributed by atoms with Gasteiger partial charge < -0.3 is 0 Å². The second kappa shape index (κ2) is 4.12. The van der Waals surface area contributed by atoms with E-state index in [9.17, 15) is 4.79 Å². The number of alkyl halides is 1. The van der Waals surface area contributed by atoms with Crippen LogP contribution < -0.4 is 26.9 Å². The Bertz CT molecular complexity index is 120.